The SMILES string of the molecule is Cc1ncsc1-c1ccc(CNC(=O)C2C[C@@H](O)CN2C(=O)[C@@H](NC(=O)COCCOCCOCCOCC(=O)O[C@H]2CC[C@H]3C4CCc5cc(O)ccc5[C@H]4CC[C@]23C)C(C)(C)C)cc1. The van der Waals surface area contributed by atoms with Crippen molar-refractivity contribution in [2.24, 2.45) is 22.7 Å². The second-order valence-corrected chi connectivity index (χ2v) is 20.5. The van der Waals surface area contributed by atoms with Crippen molar-refractivity contribution in [3.05, 3.63) is 70.4 Å². The van der Waals surface area contributed by atoms with Gasteiger partial charge in [-0.1, -0.05) is 58.0 Å². The molecule has 1 aromatic heterocycles. The number of aliphatic hydroxyl groups excluding tert-OH is 1. The second kappa shape index (κ2) is 22.1. The van der Waals surface area contributed by atoms with Crippen LogP contribution in [-0.4, -0.2) is 127 Å². The van der Waals surface area contributed by atoms with Crippen LogP contribution in [0.4, 0.5) is 0 Å². The highest BCUT2D eigenvalue weighted by molar-refractivity contribution is 7.13. The summed E-state index contributed by atoms with van der Waals surface area (Å²) >= 11 is 1.57. The molecule has 2 aromatic carbocycles. The van der Waals surface area contributed by atoms with Gasteiger partial charge in [0.15, 0.2) is 0 Å². The van der Waals surface area contributed by atoms with Crippen molar-refractivity contribution in [3.63, 3.8) is 0 Å². The number of thiazole rings is 1. The molecule has 66 heavy (non-hydrogen) atoms. The van der Waals surface area contributed by atoms with Crippen LogP contribution in [0.25, 0.3) is 10.4 Å². The molecule has 1 saturated heterocycles. The minimum absolute atomic E-state index is 0.0192. The quantitative estimate of drug-likeness (QED) is 0.0826. The van der Waals surface area contributed by atoms with Gasteiger partial charge in [0.25, 0.3) is 0 Å². The van der Waals surface area contributed by atoms with E-state index in [1.54, 1.807) is 11.3 Å². The molecule has 3 aliphatic carbocycles. The number of aromatic hydroxyl groups is 1. The summed E-state index contributed by atoms with van der Waals surface area (Å²) in [6.07, 6.45) is 5.22. The van der Waals surface area contributed by atoms with E-state index in [1.165, 1.54) is 16.0 Å². The van der Waals surface area contributed by atoms with Crippen LogP contribution < -0.4 is 10.6 Å². The predicted molar refractivity (Wildman–Crippen MR) is 248 cm³/mol. The molecule has 2 heterocycles. The van der Waals surface area contributed by atoms with Crippen LogP contribution in [0, 0.1) is 29.6 Å². The van der Waals surface area contributed by atoms with Gasteiger partial charge < -0.3 is 49.4 Å². The molecule has 3 aromatic rings. The molecule has 0 spiro atoms. The average Bonchev–Trinajstić information content (AvgIpc) is 4.00. The molecular formula is C50H68N4O11S. The van der Waals surface area contributed by atoms with Crippen molar-refractivity contribution in [3.8, 4) is 16.2 Å². The monoisotopic (exact) mass is 932 g/mol. The smallest absolute Gasteiger partial charge is 0.332 e. The number of nitrogens with one attached hydrogen (secondary N) is 2. The van der Waals surface area contributed by atoms with E-state index < -0.39 is 35.4 Å². The first-order valence-corrected chi connectivity index (χ1v) is 24.4. The summed E-state index contributed by atoms with van der Waals surface area (Å²) in [5.41, 5.74) is 6.64. The van der Waals surface area contributed by atoms with Crippen molar-refractivity contribution < 1.29 is 53.1 Å². The van der Waals surface area contributed by atoms with E-state index in [-0.39, 0.29) is 82.5 Å². The van der Waals surface area contributed by atoms with Gasteiger partial charge in [0, 0.05) is 24.9 Å². The summed E-state index contributed by atoms with van der Waals surface area (Å²) in [7, 11) is 0. The highest BCUT2D eigenvalue weighted by Crippen LogP contribution is 2.61. The van der Waals surface area contributed by atoms with E-state index in [0.29, 0.717) is 36.7 Å². The molecular weight excluding hydrogens is 865 g/mol. The molecule has 7 rings (SSSR count). The summed E-state index contributed by atoms with van der Waals surface area (Å²) in [4.78, 5) is 59.9. The highest BCUT2D eigenvalue weighted by atomic mass is 32.1. The Morgan fingerprint density at radius 1 is 0.924 bits per heavy atom. The Balaban J connectivity index is 0.733. The standard InChI is InChI=1S/C50H68N4O11S/c1-31-45(66-30-52-31)33-8-6-32(7-9-33)26-51-47(59)41-25-36(56)27-54(41)48(60)46(49(2,3)4)53-43(57)28-63-22-20-61-18-19-62-21-23-64-29-44(58)65-42-15-14-40-39-12-10-34-24-35(55)11-13-37(34)38(39)16-17-50(40,42)5/h6-9,11,13,24,30,36,38-42,46,55-56H,10,12,14-23,25-29H2,1-5H3,(H,51,59)(H,53,57)/t36-,38-,39?,40+,41?,42+,46-,50+/m1/s1. The Hall–Kier alpha value is -4.45. The number of β-amino-alcohol motifs (C(OH)–C–C–N with tert-alkyl or cyclic N) is 1. The van der Waals surface area contributed by atoms with Gasteiger partial charge in [-0.05, 0) is 103 Å². The number of nitrogens with zero attached hydrogens (tertiary/aromatic N) is 2. The maximum Gasteiger partial charge on any atom is 0.332 e. The number of likely N-dealkylation sites (tertiary alicyclic amines) is 1. The molecule has 1 aliphatic heterocycles. The van der Waals surface area contributed by atoms with Gasteiger partial charge in [0.05, 0.1) is 61.8 Å². The van der Waals surface area contributed by atoms with Gasteiger partial charge in [0.2, 0.25) is 17.7 Å². The Morgan fingerprint density at radius 2 is 1.62 bits per heavy atom. The third-order valence-electron chi connectivity index (χ3n) is 14.2. The van der Waals surface area contributed by atoms with Crippen LogP contribution in [0.1, 0.15) is 94.5 Å². The number of rotatable bonds is 20. The first-order valence-electron chi connectivity index (χ1n) is 23.5. The molecule has 3 amide bonds. The molecule has 2 saturated carbocycles. The fourth-order valence-electron chi connectivity index (χ4n) is 10.8. The number of aliphatic hydroxyl groups is 1. The number of ether oxygens (including phenoxy) is 5. The molecule has 4 aliphatic rings. The molecule has 0 bridgehead atoms. The van der Waals surface area contributed by atoms with Crippen molar-refractivity contribution >= 4 is 35.0 Å². The zero-order chi connectivity index (χ0) is 47.0. The maximum absolute atomic E-state index is 13.9. The topological polar surface area (TPSA) is 195 Å². The van der Waals surface area contributed by atoms with E-state index in [0.717, 1.165) is 60.2 Å². The highest BCUT2D eigenvalue weighted by Gasteiger charge is 2.56. The average molecular weight is 933 g/mol. The zero-order valence-corrected chi connectivity index (χ0v) is 39.9. The third kappa shape index (κ3) is 12.0. The number of carbonyl (C=O) groups excluding carboxylic acids is 4. The molecule has 2 unspecified atom stereocenters. The number of aromatic nitrogens is 1. The van der Waals surface area contributed by atoms with Crippen molar-refractivity contribution in [2.75, 3.05) is 59.4 Å². The molecule has 360 valence electrons. The van der Waals surface area contributed by atoms with Crippen molar-refractivity contribution in [2.45, 2.75) is 116 Å². The lowest BCUT2D eigenvalue weighted by molar-refractivity contribution is -0.163. The van der Waals surface area contributed by atoms with Crippen LogP contribution in [0.3, 0.4) is 0 Å². The molecule has 8 atom stereocenters. The number of esters is 1. The minimum atomic E-state index is -0.970. The Kier molecular flexibility index (Phi) is 16.6. The lowest BCUT2D eigenvalue weighted by Crippen LogP contribution is -2.58. The Morgan fingerprint density at radius 3 is 2.30 bits per heavy atom. The van der Waals surface area contributed by atoms with E-state index in [4.69, 9.17) is 23.7 Å². The van der Waals surface area contributed by atoms with E-state index in [9.17, 15) is 29.4 Å². The summed E-state index contributed by atoms with van der Waals surface area (Å²) in [5, 5.41) is 26.2. The largest absolute Gasteiger partial charge is 0.508 e. The third-order valence-corrected chi connectivity index (χ3v) is 15.2. The number of hydrogen-bond acceptors (Lipinski definition) is 13. The summed E-state index contributed by atoms with van der Waals surface area (Å²) < 4.78 is 28.3. The first kappa shape index (κ1) is 49.5. The maximum atomic E-state index is 13.9. The van der Waals surface area contributed by atoms with Gasteiger partial charge >= 0.3 is 5.97 Å². The minimum Gasteiger partial charge on any atom is -0.508 e. The van der Waals surface area contributed by atoms with Gasteiger partial charge in [0.1, 0.15) is 37.2 Å². The lowest BCUT2D eigenvalue weighted by atomic mass is 9.55. The van der Waals surface area contributed by atoms with Gasteiger partial charge in [-0.2, -0.15) is 0 Å². The predicted octanol–water partition coefficient (Wildman–Crippen LogP) is 5.47. The normalized spacial score (nSPS) is 25.1. The van der Waals surface area contributed by atoms with Crippen LogP contribution in [0.15, 0.2) is 48.0 Å². The van der Waals surface area contributed by atoms with Crippen LogP contribution >= 0.6 is 11.3 Å². The lowest BCUT2D eigenvalue weighted by Gasteiger charge is -2.50. The first-order chi connectivity index (χ1) is 31.6. The Labute approximate surface area is 392 Å². The van der Waals surface area contributed by atoms with Gasteiger partial charge in [-0.25, -0.2) is 9.78 Å². The van der Waals surface area contributed by atoms with Crippen LogP contribution in [0.5, 0.6) is 5.75 Å². The van der Waals surface area contributed by atoms with Gasteiger partial charge in [-0.3, -0.25) is 14.4 Å². The summed E-state index contributed by atoms with van der Waals surface area (Å²) in [6.45, 7) is 11.1. The van der Waals surface area contributed by atoms with Crippen molar-refractivity contribution in [1.82, 2.24) is 20.5 Å². The molecule has 3 fully saturated rings. The number of fused-ring (bicyclic) bond motifs is 5. The number of hydrogen-bond donors (Lipinski definition) is 4. The number of phenolic OH excluding ortho intramolecular Hbond substituents is 1. The number of carbonyl (C=O) groups is 4. The molecule has 16 heteroatoms. The molecule has 0 radical (unpaired) electrons. The summed E-state index contributed by atoms with van der Waals surface area (Å²) in [6, 6.07) is 11.9. The van der Waals surface area contributed by atoms with Crippen LogP contribution in [0.2, 0.25) is 0 Å². The van der Waals surface area contributed by atoms with E-state index in [1.807, 2.05) is 69.6 Å². The van der Waals surface area contributed by atoms with E-state index >= 15 is 0 Å². The Bertz CT molecular complexity index is 2140. The summed E-state index contributed by atoms with van der Waals surface area (Å²) in [5.74, 6) is 0.272. The number of aryl methyl sites for hydroxylation is 2. The fourth-order valence-corrected chi connectivity index (χ4v) is 11.6. The zero-order valence-electron chi connectivity index (χ0n) is 39.1. The number of phenols is 1. The van der Waals surface area contributed by atoms with Crippen molar-refractivity contribution in [1.29, 1.82) is 0 Å². The van der Waals surface area contributed by atoms with Gasteiger partial charge in [-0.15, -0.1) is 11.3 Å². The molecule has 15 nitrogen and oxygen atoms in total. The van der Waals surface area contributed by atoms with Crippen LogP contribution in [-0.2, 0) is 55.8 Å². The number of benzene rings is 2. The number of amides is 3. The second-order valence-electron chi connectivity index (χ2n) is 19.7. The molecule has 4 N–H and O–H groups in total. The van der Waals surface area contributed by atoms with E-state index in [2.05, 4.69) is 28.6 Å². The fraction of sp³-hybridized carbons (Fsp3) is 0.620.